The molecule has 0 bridgehead atoms. The Balaban J connectivity index is 0.000000408. The molecule has 0 N–H and O–H groups in total. The standard InChI is InChI=1S/C10H12N2.2CHF3O3S/c1-11-8-12(2)10-7-5-3-4-6-9(10)11;2*2-1(3,4)8(5,6)7/h3-8H,1-2H3;2*(H,5,6,7)/q+2;;/p-2. The van der Waals surface area contributed by atoms with Crippen molar-refractivity contribution in [3.8, 4) is 11.4 Å². The van der Waals surface area contributed by atoms with Crippen LogP contribution in [0.1, 0.15) is 0 Å². The minimum absolute atomic E-state index is 1.25. The molecule has 0 saturated carbocycles. The predicted octanol–water partition coefficient (Wildman–Crippen LogP) is 0.543. The molecule has 0 unspecified atom stereocenters. The van der Waals surface area contributed by atoms with Crippen molar-refractivity contribution in [3.63, 3.8) is 0 Å². The quantitative estimate of drug-likeness (QED) is 0.246. The summed E-state index contributed by atoms with van der Waals surface area (Å²) in [6.07, 6.45) is 2.07. The van der Waals surface area contributed by atoms with Crippen molar-refractivity contribution in [2.24, 2.45) is 14.1 Å². The first-order valence-corrected chi connectivity index (χ1v) is 9.38. The molecule has 2 rings (SSSR count). The van der Waals surface area contributed by atoms with Crippen molar-refractivity contribution in [2.75, 3.05) is 0 Å². The normalized spacial score (nSPS) is 12.5. The molecular weight excluding hydrogens is 446 g/mol. The molecular formula is C12H12F6N2O6S2. The zero-order valence-corrected chi connectivity index (χ0v) is 15.5. The minimum atomic E-state index is -6.09. The minimum Gasteiger partial charge on any atom is -0.741 e. The first-order valence-electron chi connectivity index (χ1n) is 6.56. The van der Waals surface area contributed by atoms with E-state index in [2.05, 4.69) is 53.8 Å². The van der Waals surface area contributed by atoms with Gasteiger partial charge in [-0.3, -0.25) is 0 Å². The number of nitrogens with zero attached hydrogens (tertiary/aromatic N) is 2. The van der Waals surface area contributed by atoms with E-state index in [1.54, 1.807) is 0 Å². The molecule has 0 amide bonds. The number of halogens is 6. The molecule has 16 heteroatoms. The van der Waals surface area contributed by atoms with Crippen LogP contribution in [0.2, 0.25) is 0 Å². The molecule has 28 heavy (non-hydrogen) atoms. The average molecular weight is 458 g/mol. The maximum atomic E-state index is 10.7. The molecule has 0 fully saturated rings. The summed E-state index contributed by atoms with van der Waals surface area (Å²) in [4.78, 5) is 0. The van der Waals surface area contributed by atoms with Crippen LogP contribution in [-0.4, -0.2) is 37.0 Å². The predicted molar refractivity (Wildman–Crippen MR) is 76.9 cm³/mol. The molecule has 1 heterocycles. The molecule has 1 aliphatic heterocycles. The van der Waals surface area contributed by atoms with Gasteiger partial charge in [0, 0.05) is 12.1 Å². The van der Waals surface area contributed by atoms with Crippen molar-refractivity contribution in [3.05, 3.63) is 36.7 Å². The topological polar surface area (TPSA) is 122 Å². The lowest BCUT2D eigenvalue weighted by atomic mass is 10.3. The molecule has 0 radical (unpaired) electrons. The number of hydrogen-bond donors (Lipinski definition) is 0. The summed E-state index contributed by atoms with van der Waals surface area (Å²) in [7, 11) is -8.06. The van der Waals surface area contributed by atoms with E-state index in [0.29, 0.717) is 0 Å². The molecule has 1 aliphatic carbocycles. The third-order valence-corrected chi connectivity index (χ3v) is 3.80. The van der Waals surface area contributed by atoms with E-state index in [1.165, 1.54) is 11.4 Å². The second-order valence-electron chi connectivity index (χ2n) is 4.82. The molecule has 0 aromatic heterocycles. The summed E-state index contributed by atoms with van der Waals surface area (Å²) in [6, 6.07) is 10.4. The highest BCUT2D eigenvalue weighted by atomic mass is 32.2. The van der Waals surface area contributed by atoms with Gasteiger partial charge in [0.25, 0.3) is 11.4 Å². The Morgan fingerprint density at radius 3 is 1.18 bits per heavy atom. The van der Waals surface area contributed by atoms with Gasteiger partial charge in [-0.1, -0.05) is 18.2 Å². The van der Waals surface area contributed by atoms with Crippen LogP contribution in [0.5, 0.6) is 0 Å². The van der Waals surface area contributed by atoms with E-state index in [1.807, 2.05) is 6.07 Å². The molecule has 2 aliphatic rings. The molecule has 8 nitrogen and oxygen atoms in total. The van der Waals surface area contributed by atoms with E-state index in [9.17, 15) is 26.3 Å². The van der Waals surface area contributed by atoms with E-state index in [-0.39, 0.29) is 0 Å². The van der Waals surface area contributed by atoms with E-state index < -0.39 is 31.3 Å². The number of imidazole rings is 1. The molecule has 160 valence electrons. The highest BCUT2D eigenvalue weighted by molar-refractivity contribution is 7.86. The molecule has 0 spiro atoms. The van der Waals surface area contributed by atoms with Crippen molar-refractivity contribution in [1.82, 2.24) is 0 Å². The number of hydrogen-bond acceptors (Lipinski definition) is 6. The first kappa shape index (κ1) is 26.0. The maximum absolute atomic E-state index is 10.7. The lowest BCUT2D eigenvalue weighted by Crippen LogP contribution is -2.32. The Morgan fingerprint density at radius 1 is 0.714 bits per heavy atom. The molecule has 0 atom stereocenters. The fraction of sp³-hybridized carbons (Fsp3) is 0.333. The summed E-state index contributed by atoms with van der Waals surface area (Å²) in [5.41, 5.74) is -8.79. The number of rotatable bonds is 0. The summed E-state index contributed by atoms with van der Waals surface area (Å²) in [5, 5.41) is 0. The Bertz CT molecular complexity index is 897. The van der Waals surface area contributed by atoms with Gasteiger partial charge in [0.15, 0.2) is 20.2 Å². The number of fused-ring (bicyclic) bond motifs is 1. The molecule has 0 aromatic carbocycles. The fourth-order valence-electron chi connectivity index (χ4n) is 1.51. The summed E-state index contributed by atoms with van der Waals surface area (Å²) < 4.78 is 122. The third-order valence-electron chi connectivity index (χ3n) is 2.67. The van der Waals surface area contributed by atoms with Gasteiger partial charge in [0.2, 0.25) is 0 Å². The lowest BCUT2D eigenvalue weighted by molar-refractivity contribution is -0.760. The summed E-state index contributed by atoms with van der Waals surface area (Å²) in [6.45, 7) is 0. The van der Waals surface area contributed by atoms with Crippen LogP contribution in [0.3, 0.4) is 0 Å². The van der Waals surface area contributed by atoms with Gasteiger partial charge in [-0.25, -0.2) is 16.8 Å². The Morgan fingerprint density at radius 2 is 0.964 bits per heavy atom. The van der Waals surface area contributed by atoms with Gasteiger partial charge in [0.1, 0.15) is 14.1 Å². The second-order valence-corrected chi connectivity index (χ2v) is 7.56. The van der Waals surface area contributed by atoms with Crippen LogP contribution in [-0.2, 0) is 34.3 Å². The van der Waals surface area contributed by atoms with Crippen molar-refractivity contribution in [1.29, 1.82) is 0 Å². The molecule has 0 saturated heterocycles. The van der Waals surface area contributed by atoms with Crippen LogP contribution in [0.15, 0.2) is 36.7 Å². The number of aryl methyl sites for hydroxylation is 2. The van der Waals surface area contributed by atoms with E-state index >= 15 is 0 Å². The highest BCUT2D eigenvalue weighted by Crippen LogP contribution is 2.21. The summed E-state index contributed by atoms with van der Waals surface area (Å²) in [5.74, 6) is 0. The Labute approximate surface area is 155 Å². The highest BCUT2D eigenvalue weighted by Gasteiger charge is 2.37. The van der Waals surface area contributed by atoms with Crippen molar-refractivity contribution in [2.45, 2.75) is 11.0 Å². The maximum Gasteiger partial charge on any atom is 0.485 e. The van der Waals surface area contributed by atoms with Gasteiger partial charge in [-0.15, -0.1) is 9.13 Å². The van der Waals surface area contributed by atoms with Crippen molar-refractivity contribution >= 4 is 20.2 Å². The van der Waals surface area contributed by atoms with Gasteiger partial charge in [-0.2, -0.15) is 26.3 Å². The fourth-order valence-corrected chi connectivity index (χ4v) is 1.51. The zero-order chi connectivity index (χ0) is 22.6. The number of alkyl halides is 6. The monoisotopic (exact) mass is 458 g/mol. The van der Waals surface area contributed by atoms with Crippen LogP contribution >= 0.6 is 0 Å². The average Bonchev–Trinajstić information content (AvgIpc) is 2.64. The Kier molecular flexibility index (Phi) is 8.32. The Hall–Kier alpha value is -2.04. The SMILES string of the molecule is C[n+]1c[n+](C)c2cccccc1-2.O=S(=O)([O-])C(F)(F)F.O=S(=O)([O-])C(F)(F)F. The summed E-state index contributed by atoms with van der Waals surface area (Å²) >= 11 is 0. The van der Waals surface area contributed by atoms with E-state index in [4.69, 9.17) is 25.9 Å². The largest absolute Gasteiger partial charge is 0.741 e. The van der Waals surface area contributed by atoms with Crippen LogP contribution in [0, 0.1) is 0 Å². The van der Waals surface area contributed by atoms with Gasteiger partial charge < -0.3 is 9.11 Å². The van der Waals surface area contributed by atoms with Crippen LogP contribution < -0.4 is 9.13 Å². The third kappa shape index (κ3) is 7.91. The second kappa shape index (κ2) is 8.97. The smallest absolute Gasteiger partial charge is 0.485 e. The first-order chi connectivity index (χ1) is 12.3. The van der Waals surface area contributed by atoms with Crippen LogP contribution in [0.4, 0.5) is 26.3 Å². The van der Waals surface area contributed by atoms with Gasteiger partial charge in [0.05, 0.1) is 0 Å². The lowest BCUT2D eigenvalue weighted by Gasteiger charge is -2.08. The van der Waals surface area contributed by atoms with E-state index in [0.717, 1.165) is 0 Å². The zero-order valence-electron chi connectivity index (χ0n) is 13.9. The number of aromatic nitrogens is 2. The van der Waals surface area contributed by atoms with Gasteiger partial charge >= 0.3 is 17.3 Å². The van der Waals surface area contributed by atoms with Crippen molar-refractivity contribution < 1.29 is 61.4 Å². The van der Waals surface area contributed by atoms with Gasteiger partial charge in [-0.05, 0) is 0 Å². The molecule has 0 aromatic rings. The van der Waals surface area contributed by atoms with Crippen LogP contribution in [0.25, 0.3) is 11.4 Å².